The van der Waals surface area contributed by atoms with Crippen molar-refractivity contribution in [3.8, 4) is 5.75 Å². The van der Waals surface area contributed by atoms with Gasteiger partial charge in [0.15, 0.2) is 0 Å². The summed E-state index contributed by atoms with van der Waals surface area (Å²) >= 11 is 0. The third-order valence-corrected chi connectivity index (χ3v) is 5.20. The van der Waals surface area contributed by atoms with Crippen LogP contribution in [0.25, 0.3) is 0 Å². The van der Waals surface area contributed by atoms with Gasteiger partial charge in [0.1, 0.15) is 5.75 Å². The molecule has 1 amide bonds. The van der Waals surface area contributed by atoms with Crippen molar-refractivity contribution in [2.24, 2.45) is 0 Å². The number of amides is 1. The summed E-state index contributed by atoms with van der Waals surface area (Å²) in [6, 6.07) is 17.3. The van der Waals surface area contributed by atoms with E-state index < -0.39 is 6.09 Å². The van der Waals surface area contributed by atoms with Crippen LogP contribution in [-0.4, -0.2) is 12.1 Å². The first-order chi connectivity index (χ1) is 14.6. The van der Waals surface area contributed by atoms with Gasteiger partial charge in [0, 0.05) is 18.3 Å². The molecule has 1 aliphatic carbocycles. The number of hydrogen-bond acceptors (Lipinski definition) is 3. The van der Waals surface area contributed by atoms with Crippen LogP contribution < -0.4 is 15.4 Å². The highest BCUT2D eigenvalue weighted by molar-refractivity contribution is 5.86. The van der Waals surface area contributed by atoms with E-state index in [-0.39, 0.29) is 0 Å². The van der Waals surface area contributed by atoms with E-state index in [0.717, 1.165) is 12.2 Å². The molecule has 162 valence electrons. The van der Waals surface area contributed by atoms with Gasteiger partial charge < -0.3 is 10.1 Å². The molecule has 0 heterocycles. The molecule has 1 atom stereocenters. The van der Waals surface area contributed by atoms with E-state index in [9.17, 15) is 4.79 Å². The average Bonchev–Trinajstić information content (AvgIpc) is 2.72. The lowest BCUT2D eigenvalue weighted by Gasteiger charge is -2.13. The largest absolute Gasteiger partial charge is 0.417 e. The third-order valence-electron chi connectivity index (χ3n) is 5.20. The quantitative estimate of drug-likeness (QED) is 0.459. The summed E-state index contributed by atoms with van der Waals surface area (Å²) < 4.78 is 5.20. The van der Waals surface area contributed by atoms with E-state index in [0.29, 0.717) is 11.8 Å². The lowest BCUT2D eigenvalue weighted by molar-refractivity contribution is 0.215. The molecule has 2 N–H and O–H groups in total. The highest BCUT2D eigenvalue weighted by atomic mass is 16.6. The standard InChI is InChI=1S/C20H26N2O2.C6H10/c1-3-4-8-16(2)21-15-17-11-13-18(14-12-17)22-20(23)24-19-9-6-5-7-10-19;1-2-6-4-3-5-6/h5-7,9-14,16,21H,3-4,8,15H2,1-2H3,(H,22,23);2H,3-5H2,1H3. The number of nitrogens with one attached hydrogen (secondary N) is 2. The Morgan fingerprint density at radius 3 is 2.33 bits per heavy atom. The minimum Gasteiger partial charge on any atom is -0.410 e. The molecule has 1 aliphatic rings. The van der Waals surface area contributed by atoms with Gasteiger partial charge in [-0.2, -0.15) is 0 Å². The summed E-state index contributed by atoms with van der Waals surface area (Å²) in [4.78, 5) is 11.8. The molecule has 3 rings (SSSR count). The molecule has 30 heavy (non-hydrogen) atoms. The number of rotatable bonds is 8. The third kappa shape index (κ3) is 9.27. The van der Waals surface area contributed by atoms with Gasteiger partial charge in [-0.3, -0.25) is 5.32 Å². The molecule has 2 aromatic rings. The van der Waals surface area contributed by atoms with Crippen LogP contribution >= 0.6 is 0 Å². The van der Waals surface area contributed by atoms with Crippen LogP contribution in [0, 0.1) is 0 Å². The van der Waals surface area contributed by atoms with Gasteiger partial charge in [-0.05, 0) is 69.4 Å². The van der Waals surface area contributed by atoms with Crippen LogP contribution in [0.3, 0.4) is 0 Å². The molecule has 0 aromatic heterocycles. The number of carbonyl (C=O) groups is 1. The number of unbranched alkanes of at least 4 members (excludes halogenated alkanes) is 1. The van der Waals surface area contributed by atoms with E-state index in [1.165, 1.54) is 44.1 Å². The van der Waals surface area contributed by atoms with E-state index in [1.54, 1.807) is 17.7 Å². The van der Waals surface area contributed by atoms with Crippen molar-refractivity contribution >= 4 is 11.8 Å². The molecule has 1 unspecified atom stereocenters. The maximum atomic E-state index is 11.8. The molecule has 4 nitrogen and oxygen atoms in total. The van der Waals surface area contributed by atoms with Crippen molar-refractivity contribution in [3.63, 3.8) is 0 Å². The lowest BCUT2D eigenvalue weighted by atomic mass is 9.93. The summed E-state index contributed by atoms with van der Waals surface area (Å²) in [7, 11) is 0. The topological polar surface area (TPSA) is 50.4 Å². The zero-order chi connectivity index (χ0) is 21.6. The number of anilines is 1. The van der Waals surface area contributed by atoms with Crippen molar-refractivity contribution in [2.75, 3.05) is 5.32 Å². The summed E-state index contributed by atoms with van der Waals surface area (Å²) in [5.41, 5.74) is 3.56. The second-order valence-corrected chi connectivity index (χ2v) is 7.75. The Balaban J connectivity index is 0.000000456. The van der Waals surface area contributed by atoms with Crippen LogP contribution in [0.2, 0.25) is 0 Å². The van der Waals surface area contributed by atoms with E-state index in [4.69, 9.17) is 4.74 Å². The highest BCUT2D eigenvalue weighted by Gasteiger charge is 2.06. The minimum atomic E-state index is -0.486. The Morgan fingerprint density at radius 2 is 1.80 bits per heavy atom. The normalized spacial score (nSPS) is 13.4. The number of ether oxygens (including phenoxy) is 1. The van der Waals surface area contributed by atoms with Gasteiger partial charge in [0.2, 0.25) is 0 Å². The molecular formula is C26H36N2O2. The number of benzene rings is 2. The van der Waals surface area contributed by atoms with E-state index >= 15 is 0 Å². The smallest absolute Gasteiger partial charge is 0.410 e. The Labute approximate surface area is 181 Å². The van der Waals surface area contributed by atoms with Gasteiger partial charge in [0.05, 0.1) is 0 Å². The van der Waals surface area contributed by atoms with Crippen molar-refractivity contribution in [2.45, 2.75) is 71.9 Å². The van der Waals surface area contributed by atoms with Gasteiger partial charge in [0.25, 0.3) is 0 Å². The Kier molecular flexibility index (Phi) is 10.7. The predicted octanol–water partition coefficient (Wildman–Crippen LogP) is 7.08. The first-order valence-electron chi connectivity index (χ1n) is 11.1. The molecule has 1 fully saturated rings. The number of carbonyl (C=O) groups excluding carboxylic acids is 1. The fourth-order valence-corrected chi connectivity index (χ4v) is 3.02. The van der Waals surface area contributed by atoms with E-state index in [2.05, 4.69) is 37.5 Å². The molecule has 0 saturated heterocycles. The fraction of sp³-hybridized carbons (Fsp3) is 0.423. The Hall–Kier alpha value is -2.59. The van der Waals surface area contributed by atoms with Crippen molar-refractivity contribution in [1.29, 1.82) is 0 Å². The number of allylic oxidation sites excluding steroid dienone is 2. The molecule has 2 aromatic carbocycles. The van der Waals surface area contributed by atoms with Crippen molar-refractivity contribution < 1.29 is 9.53 Å². The van der Waals surface area contributed by atoms with Gasteiger partial charge in [-0.1, -0.05) is 61.7 Å². The maximum Gasteiger partial charge on any atom is 0.417 e. The van der Waals surface area contributed by atoms with Gasteiger partial charge >= 0.3 is 6.09 Å². The number of para-hydroxylation sites is 1. The zero-order valence-corrected chi connectivity index (χ0v) is 18.6. The first-order valence-corrected chi connectivity index (χ1v) is 11.1. The van der Waals surface area contributed by atoms with E-state index in [1.807, 2.05) is 42.5 Å². The summed E-state index contributed by atoms with van der Waals surface area (Å²) in [5, 5.41) is 6.24. The SMILES string of the molecule is CC=C1CCC1.CCCCC(C)NCc1ccc(NC(=O)Oc2ccccc2)cc1. The Morgan fingerprint density at radius 1 is 1.10 bits per heavy atom. The monoisotopic (exact) mass is 408 g/mol. The molecule has 4 heteroatoms. The van der Waals surface area contributed by atoms with Crippen LogP contribution in [0.4, 0.5) is 10.5 Å². The van der Waals surface area contributed by atoms with Crippen LogP contribution in [-0.2, 0) is 6.54 Å². The Bertz CT molecular complexity index is 763. The summed E-state index contributed by atoms with van der Waals surface area (Å²) in [5.74, 6) is 0.525. The van der Waals surface area contributed by atoms with Gasteiger partial charge in [-0.25, -0.2) is 4.79 Å². The zero-order valence-electron chi connectivity index (χ0n) is 18.6. The second kappa shape index (κ2) is 13.6. The first kappa shape index (κ1) is 23.7. The molecular weight excluding hydrogens is 372 g/mol. The summed E-state index contributed by atoms with van der Waals surface area (Å²) in [6.07, 6.45) is 9.59. The van der Waals surface area contributed by atoms with Crippen LogP contribution in [0.1, 0.15) is 64.9 Å². The predicted molar refractivity (Wildman–Crippen MR) is 126 cm³/mol. The minimum absolute atomic E-state index is 0.486. The fourth-order valence-electron chi connectivity index (χ4n) is 3.02. The van der Waals surface area contributed by atoms with Crippen LogP contribution in [0.15, 0.2) is 66.2 Å². The second-order valence-electron chi connectivity index (χ2n) is 7.75. The van der Waals surface area contributed by atoms with Crippen molar-refractivity contribution in [1.82, 2.24) is 5.32 Å². The van der Waals surface area contributed by atoms with Gasteiger partial charge in [-0.15, -0.1) is 0 Å². The summed E-state index contributed by atoms with van der Waals surface area (Å²) in [6.45, 7) is 7.38. The molecule has 1 saturated carbocycles. The molecule has 0 aliphatic heterocycles. The molecule has 0 bridgehead atoms. The molecule has 0 radical (unpaired) electrons. The van der Waals surface area contributed by atoms with Crippen molar-refractivity contribution in [3.05, 3.63) is 71.8 Å². The number of hydrogen-bond donors (Lipinski definition) is 2. The molecule has 0 spiro atoms. The average molecular weight is 409 g/mol. The highest BCUT2D eigenvalue weighted by Crippen LogP contribution is 2.24. The van der Waals surface area contributed by atoms with Crippen LogP contribution in [0.5, 0.6) is 5.75 Å². The lowest BCUT2D eigenvalue weighted by Crippen LogP contribution is -2.25. The maximum absolute atomic E-state index is 11.8.